The highest BCUT2D eigenvalue weighted by atomic mass is 16.5. The first-order valence-corrected chi connectivity index (χ1v) is 7.49. The average Bonchev–Trinajstić information content (AvgIpc) is 2.90. The molecule has 1 spiro atoms. The van der Waals surface area contributed by atoms with Crippen molar-refractivity contribution in [3.05, 3.63) is 0 Å². The molecule has 1 atom stereocenters. The van der Waals surface area contributed by atoms with Crippen LogP contribution in [0.25, 0.3) is 0 Å². The predicted molar refractivity (Wildman–Crippen MR) is 72.6 cm³/mol. The van der Waals surface area contributed by atoms with Gasteiger partial charge in [-0.1, -0.05) is 25.7 Å². The molecule has 0 aromatic heterocycles. The zero-order valence-corrected chi connectivity index (χ0v) is 11.2. The first-order chi connectivity index (χ1) is 8.80. The fourth-order valence-corrected chi connectivity index (χ4v) is 3.74. The zero-order valence-electron chi connectivity index (χ0n) is 11.2. The zero-order chi connectivity index (χ0) is 12.4. The molecule has 1 aliphatic carbocycles. The van der Waals surface area contributed by atoms with Crippen LogP contribution in [0, 0.1) is 0 Å². The maximum atomic E-state index is 6.13. The van der Waals surface area contributed by atoms with Gasteiger partial charge in [-0.3, -0.25) is 4.99 Å². The van der Waals surface area contributed by atoms with E-state index in [4.69, 9.17) is 10.5 Å². The Morgan fingerprint density at radius 2 is 2.00 bits per heavy atom. The van der Waals surface area contributed by atoms with Gasteiger partial charge in [-0.05, 0) is 25.7 Å². The molecule has 2 N–H and O–H groups in total. The number of nitrogens with zero attached hydrogens (tertiary/aromatic N) is 2. The molecule has 2 aliphatic heterocycles. The van der Waals surface area contributed by atoms with Crippen LogP contribution in [0.3, 0.4) is 0 Å². The summed E-state index contributed by atoms with van der Waals surface area (Å²) in [4.78, 5) is 6.93. The monoisotopic (exact) mass is 251 g/mol. The predicted octanol–water partition coefficient (Wildman–Crippen LogP) is 1.89. The summed E-state index contributed by atoms with van der Waals surface area (Å²) in [6, 6.07) is 0. The van der Waals surface area contributed by atoms with Crippen LogP contribution in [-0.2, 0) is 4.74 Å². The average molecular weight is 251 g/mol. The highest BCUT2D eigenvalue weighted by Gasteiger charge is 2.43. The number of hydrogen-bond donors (Lipinski definition) is 1. The highest BCUT2D eigenvalue weighted by Crippen LogP contribution is 2.36. The van der Waals surface area contributed by atoms with Gasteiger partial charge in [-0.2, -0.15) is 0 Å². The van der Waals surface area contributed by atoms with Gasteiger partial charge in [-0.15, -0.1) is 0 Å². The number of aliphatic imine (C=N–C) groups is 1. The molecule has 1 saturated heterocycles. The Morgan fingerprint density at radius 3 is 2.67 bits per heavy atom. The van der Waals surface area contributed by atoms with Crippen molar-refractivity contribution in [1.29, 1.82) is 0 Å². The van der Waals surface area contributed by atoms with Crippen LogP contribution in [0.15, 0.2) is 4.99 Å². The molecule has 1 unspecified atom stereocenters. The van der Waals surface area contributed by atoms with E-state index in [1.807, 2.05) is 0 Å². The van der Waals surface area contributed by atoms with Gasteiger partial charge in [0.05, 0.1) is 18.2 Å². The van der Waals surface area contributed by atoms with E-state index in [1.165, 1.54) is 51.4 Å². The maximum Gasteiger partial charge on any atom is 0.191 e. The van der Waals surface area contributed by atoms with Crippen LogP contribution in [0.2, 0.25) is 0 Å². The molecule has 0 bridgehead atoms. The van der Waals surface area contributed by atoms with Gasteiger partial charge < -0.3 is 15.4 Å². The molecule has 3 rings (SSSR count). The highest BCUT2D eigenvalue weighted by molar-refractivity contribution is 5.81. The number of ether oxygens (including phenoxy) is 1. The van der Waals surface area contributed by atoms with Crippen LogP contribution >= 0.6 is 0 Å². The second-order valence-electron chi connectivity index (χ2n) is 6.06. The standard InChI is InChI=1S/C14H25N3O/c15-13-16-11-14(7-3-1-2-4-8-14)17(13)10-12-6-5-9-18-12/h12H,1-11H2,(H2,15,16). The summed E-state index contributed by atoms with van der Waals surface area (Å²) in [7, 11) is 0. The number of guanidine groups is 1. The lowest BCUT2D eigenvalue weighted by Gasteiger charge is -2.40. The minimum atomic E-state index is 0.229. The van der Waals surface area contributed by atoms with E-state index in [2.05, 4.69) is 9.89 Å². The molecule has 3 aliphatic rings. The largest absolute Gasteiger partial charge is 0.376 e. The lowest BCUT2D eigenvalue weighted by molar-refractivity contribution is 0.0606. The van der Waals surface area contributed by atoms with Gasteiger partial charge in [-0.25, -0.2) is 0 Å². The summed E-state index contributed by atoms with van der Waals surface area (Å²) in [5, 5.41) is 0. The van der Waals surface area contributed by atoms with Gasteiger partial charge in [0.15, 0.2) is 5.96 Å². The van der Waals surface area contributed by atoms with E-state index in [-0.39, 0.29) is 5.54 Å². The van der Waals surface area contributed by atoms with E-state index in [0.717, 1.165) is 25.7 Å². The molecule has 1 saturated carbocycles. The molecule has 4 nitrogen and oxygen atoms in total. The lowest BCUT2D eigenvalue weighted by atomic mass is 9.89. The molecule has 0 amide bonds. The van der Waals surface area contributed by atoms with Crippen LogP contribution in [0.5, 0.6) is 0 Å². The second kappa shape index (κ2) is 5.08. The Kier molecular flexibility index (Phi) is 3.46. The topological polar surface area (TPSA) is 50.8 Å². The molecule has 0 aromatic rings. The lowest BCUT2D eigenvalue weighted by Crippen LogP contribution is -2.53. The first kappa shape index (κ1) is 12.3. The van der Waals surface area contributed by atoms with Crippen molar-refractivity contribution in [2.45, 2.75) is 63.0 Å². The first-order valence-electron chi connectivity index (χ1n) is 7.49. The molecule has 18 heavy (non-hydrogen) atoms. The Bertz CT molecular complexity index is 315. The SMILES string of the molecule is NC1=NCC2(CCCCCC2)N1CC1CCCO1. The van der Waals surface area contributed by atoms with Crippen molar-refractivity contribution in [1.82, 2.24) is 4.90 Å². The normalized spacial score (nSPS) is 31.7. The van der Waals surface area contributed by atoms with Crippen molar-refractivity contribution < 1.29 is 4.74 Å². The third kappa shape index (κ3) is 2.22. The molecule has 0 aromatic carbocycles. The molecular weight excluding hydrogens is 226 g/mol. The van der Waals surface area contributed by atoms with Gasteiger partial charge >= 0.3 is 0 Å². The van der Waals surface area contributed by atoms with Gasteiger partial charge in [0.25, 0.3) is 0 Å². The van der Waals surface area contributed by atoms with E-state index >= 15 is 0 Å². The third-order valence-electron chi connectivity index (χ3n) is 4.83. The summed E-state index contributed by atoms with van der Waals surface area (Å²) in [5.74, 6) is 0.757. The second-order valence-corrected chi connectivity index (χ2v) is 6.06. The van der Waals surface area contributed by atoms with E-state index < -0.39 is 0 Å². The fourth-order valence-electron chi connectivity index (χ4n) is 3.74. The molecule has 2 heterocycles. The van der Waals surface area contributed by atoms with Crippen molar-refractivity contribution in [2.75, 3.05) is 19.7 Å². The van der Waals surface area contributed by atoms with E-state index in [0.29, 0.717) is 6.10 Å². The summed E-state index contributed by atoms with van der Waals surface area (Å²) in [6.45, 7) is 2.78. The Balaban J connectivity index is 1.72. The molecule has 4 heteroatoms. The number of hydrogen-bond acceptors (Lipinski definition) is 4. The summed E-state index contributed by atoms with van der Waals surface area (Å²) < 4.78 is 5.78. The number of rotatable bonds is 2. The van der Waals surface area contributed by atoms with Crippen molar-refractivity contribution in [3.63, 3.8) is 0 Å². The van der Waals surface area contributed by atoms with Crippen LogP contribution in [0.4, 0.5) is 0 Å². The third-order valence-corrected chi connectivity index (χ3v) is 4.83. The van der Waals surface area contributed by atoms with Crippen LogP contribution in [0.1, 0.15) is 51.4 Å². The summed E-state index contributed by atoms with van der Waals surface area (Å²) in [5.41, 5.74) is 6.36. The van der Waals surface area contributed by atoms with Gasteiger partial charge in [0.1, 0.15) is 0 Å². The van der Waals surface area contributed by atoms with Gasteiger partial charge in [0.2, 0.25) is 0 Å². The van der Waals surface area contributed by atoms with Crippen LogP contribution < -0.4 is 5.73 Å². The fraction of sp³-hybridized carbons (Fsp3) is 0.929. The molecule has 102 valence electrons. The number of nitrogens with two attached hydrogens (primary N) is 1. The van der Waals surface area contributed by atoms with E-state index in [9.17, 15) is 0 Å². The summed E-state index contributed by atoms with van der Waals surface area (Å²) >= 11 is 0. The van der Waals surface area contributed by atoms with Crippen molar-refractivity contribution in [2.24, 2.45) is 10.7 Å². The molecule has 0 radical (unpaired) electrons. The summed E-state index contributed by atoms with van der Waals surface area (Å²) in [6.07, 6.45) is 10.6. The molecule has 2 fully saturated rings. The minimum Gasteiger partial charge on any atom is -0.376 e. The Morgan fingerprint density at radius 1 is 1.22 bits per heavy atom. The van der Waals surface area contributed by atoms with Crippen LogP contribution in [-0.4, -0.2) is 42.2 Å². The smallest absolute Gasteiger partial charge is 0.191 e. The van der Waals surface area contributed by atoms with Crippen molar-refractivity contribution in [3.8, 4) is 0 Å². The van der Waals surface area contributed by atoms with Crippen molar-refractivity contribution >= 4 is 5.96 Å². The van der Waals surface area contributed by atoms with E-state index in [1.54, 1.807) is 0 Å². The minimum absolute atomic E-state index is 0.229. The maximum absolute atomic E-state index is 6.13. The van der Waals surface area contributed by atoms with Gasteiger partial charge in [0, 0.05) is 13.2 Å². The Hall–Kier alpha value is -0.770. The Labute approximate surface area is 110 Å². The molecular formula is C14H25N3O. The quantitative estimate of drug-likeness (QED) is 0.815.